The van der Waals surface area contributed by atoms with Gasteiger partial charge in [-0.1, -0.05) is 6.07 Å². The van der Waals surface area contributed by atoms with Crippen molar-refractivity contribution in [3.8, 4) is 0 Å². The van der Waals surface area contributed by atoms with Gasteiger partial charge in [0.15, 0.2) is 0 Å². The average molecular weight is 354 g/mol. The van der Waals surface area contributed by atoms with Gasteiger partial charge in [0, 0.05) is 39.3 Å². The lowest BCUT2D eigenvalue weighted by atomic mass is 10.1. The number of likely N-dealkylation sites (tertiary alicyclic amines) is 1. The summed E-state index contributed by atoms with van der Waals surface area (Å²) in [6, 6.07) is 5.93. The molecule has 138 valence electrons. The lowest BCUT2D eigenvalue weighted by Crippen LogP contribution is -2.33. The minimum absolute atomic E-state index is 0.0318. The molecule has 7 nitrogen and oxygen atoms in total. The Labute approximate surface area is 154 Å². The fourth-order valence-corrected chi connectivity index (χ4v) is 3.31. The molecular formula is C19H26N6O. The van der Waals surface area contributed by atoms with Crippen molar-refractivity contribution in [2.75, 3.05) is 32.5 Å². The molecule has 1 N–H and O–H groups in total. The van der Waals surface area contributed by atoms with Gasteiger partial charge in [0.2, 0.25) is 5.91 Å². The molecule has 1 aliphatic heterocycles. The SMILES string of the molecule is CNc1cncc([C@@H]2CCCN2C(=O)CCN(C)Cc2ccccn2)n1. The summed E-state index contributed by atoms with van der Waals surface area (Å²) in [4.78, 5) is 30.0. The van der Waals surface area contributed by atoms with Crippen LogP contribution in [0.4, 0.5) is 5.82 Å². The lowest BCUT2D eigenvalue weighted by Gasteiger charge is -2.25. The minimum atomic E-state index is 0.0318. The first-order chi connectivity index (χ1) is 12.7. The van der Waals surface area contributed by atoms with Crippen LogP contribution in [0.25, 0.3) is 0 Å². The minimum Gasteiger partial charge on any atom is -0.372 e. The van der Waals surface area contributed by atoms with Crippen molar-refractivity contribution in [1.82, 2.24) is 24.8 Å². The largest absolute Gasteiger partial charge is 0.372 e. The number of amides is 1. The van der Waals surface area contributed by atoms with Crippen molar-refractivity contribution in [2.45, 2.75) is 31.8 Å². The number of hydrogen-bond donors (Lipinski definition) is 1. The molecule has 0 spiro atoms. The second-order valence-electron chi connectivity index (χ2n) is 6.63. The van der Waals surface area contributed by atoms with Gasteiger partial charge in [-0.05, 0) is 32.0 Å². The van der Waals surface area contributed by atoms with Crippen LogP contribution < -0.4 is 5.32 Å². The van der Waals surface area contributed by atoms with Gasteiger partial charge >= 0.3 is 0 Å². The summed E-state index contributed by atoms with van der Waals surface area (Å²) in [6.07, 6.45) is 7.70. The molecule has 3 heterocycles. The number of anilines is 1. The highest BCUT2D eigenvalue weighted by atomic mass is 16.2. The quantitative estimate of drug-likeness (QED) is 0.821. The van der Waals surface area contributed by atoms with E-state index in [0.29, 0.717) is 13.0 Å². The summed E-state index contributed by atoms with van der Waals surface area (Å²) in [5.74, 6) is 0.911. The van der Waals surface area contributed by atoms with Gasteiger partial charge in [-0.25, -0.2) is 4.98 Å². The maximum Gasteiger partial charge on any atom is 0.224 e. The molecule has 3 rings (SSSR count). The zero-order chi connectivity index (χ0) is 18.4. The fraction of sp³-hybridized carbons (Fsp3) is 0.474. The average Bonchev–Trinajstić information content (AvgIpc) is 3.17. The van der Waals surface area contributed by atoms with Gasteiger partial charge in [0.05, 0.1) is 29.8 Å². The van der Waals surface area contributed by atoms with Crippen molar-refractivity contribution in [3.05, 3.63) is 48.2 Å². The first kappa shape index (κ1) is 18.3. The second-order valence-corrected chi connectivity index (χ2v) is 6.63. The number of aromatic nitrogens is 3. The first-order valence-corrected chi connectivity index (χ1v) is 9.05. The number of carbonyl (C=O) groups excluding carboxylic acids is 1. The Hall–Kier alpha value is -2.54. The van der Waals surface area contributed by atoms with Crippen LogP contribution in [-0.4, -0.2) is 57.8 Å². The molecule has 1 fully saturated rings. The Bertz CT molecular complexity index is 723. The normalized spacial score (nSPS) is 16.9. The third kappa shape index (κ3) is 4.54. The zero-order valence-corrected chi connectivity index (χ0v) is 15.4. The Morgan fingerprint density at radius 2 is 2.27 bits per heavy atom. The van der Waals surface area contributed by atoms with Gasteiger partial charge in [0.1, 0.15) is 5.82 Å². The zero-order valence-electron chi connectivity index (χ0n) is 15.4. The van der Waals surface area contributed by atoms with Crippen LogP contribution >= 0.6 is 0 Å². The predicted molar refractivity (Wildman–Crippen MR) is 100 cm³/mol. The van der Waals surface area contributed by atoms with Crippen LogP contribution in [0.3, 0.4) is 0 Å². The molecule has 2 aromatic heterocycles. The molecule has 7 heteroatoms. The van der Waals surface area contributed by atoms with E-state index in [1.165, 1.54) is 0 Å². The molecule has 1 amide bonds. The predicted octanol–water partition coefficient (Wildman–Crippen LogP) is 2.10. The van der Waals surface area contributed by atoms with Crippen LogP contribution in [0.2, 0.25) is 0 Å². The maximum absolute atomic E-state index is 12.8. The van der Waals surface area contributed by atoms with Gasteiger partial charge in [-0.3, -0.25) is 14.8 Å². The van der Waals surface area contributed by atoms with E-state index in [2.05, 4.69) is 25.2 Å². The molecule has 0 bridgehead atoms. The van der Waals surface area contributed by atoms with Crippen LogP contribution in [-0.2, 0) is 11.3 Å². The molecule has 2 aromatic rings. The summed E-state index contributed by atoms with van der Waals surface area (Å²) in [5.41, 5.74) is 1.88. The van der Waals surface area contributed by atoms with Crippen molar-refractivity contribution in [3.63, 3.8) is 0 Å². The van der Waals surface area contributed by atoms with E-state index in [0.717, 1.165) is 43.1 Å². The summed E-state index contributed by atoms with van der Waals surface area (Å²) in [7, 11) is 3.84. The smallest absolute Gasteiger partial charge is 0.224 e. The molecule has 1 aliphatic rings. The van der Waals surface area contributed by atoms with Crippen LogP contribution in [0.5, 0.6) is 0 Å². The molecular weight excluding hydrogens is 328 g/mol. The number of nitrogens with one attached hydrogen (secondary N) is 1. The van der Waals surface area contributed by atoms with Crippen molar-refractivity contribution in [2.24, 2.45) is 0 Å². The standard InChI is InChI=1S/C19H26N6O/c1-20-18-13-21-12-16(23-18)17-7-5-10-25(17)19(26)8-11-24(2)14-15-6-3-4-9-22-15/h3-4,6,9,12-13,17H,5,7-8,10-11,14H2,1-2H3,(H,20,23)/t17-/m0/s1. The van der Waals surface area contributed by atoms with E-state index in [1.54, 1.807) is 18.6 Å². The summed E-state index contributed by atoms with van der Waals surface area (Å²) >= 11 is 0. The van der Waals surface area contributed by atoms with Crippen molar-refractivity contribution >= 4 is 11.7 Å². The van der Waals surface area contributed by atoms with Crippen LogP contribution in [0.1, 0.15) is 36.7 Å². The Kier molecular flexibility index (Phi) is 6.12. The number of hydrogen-bond acceptors (Lipinski definition) is 6. The van der Waals surface area contributed by atoms with Gasteiger partial charge in [-0.15, -0.1) is 0 Å². The van der Waals surface area contributed by atoms with E-state index in [-0.39, 0.29) is 11.9 Å². The molecule has 0 saturated carbocycles. The van der Waals surface area contributed by atoms with Gasteiger partial charge in [-0.2, -0.15) is 0 Å². The molecule has 0 aliphatic carbocycles. The Balaban J connectivity index is 1.56. The third-order valence-corrected chi connectivity index (χ3v) is 4.69. The van der Waals surface area contributed by atoms with E-state index >= 15 is 0 Å². The number of pyridine rings is 1. The van der Waals surface area contributed by atoms with Crippen molar-refractivity contribution in [1.29, 1.82) is 0 Å². The highest BCUT2D eigenvalue weighted by Gasteiger charge is 2.31. The van der Waals surface area contributed by atoms with E-state index in [9.17, 15) is 4.79 Å². The lowest BCUT2D eigenvalue weighted by molar-refractivity contribution is -0.132. The van der Waals surface area contributed by atoms with Crippen molar-refractivity contribution < 1.29 is 4.79 Å². The van der Waals surface area contributed by atoms with E-state index < -0.39 is 0 Å². The molecule has 1 atom stereocenters. The summed E-state index contributed by atoms with van der Waals surface area (Å²) in [6.45, 7) is 2.24. The van der Waals surface area contributed by atoms with Gasteiger partial charge in [0.25, 0.3) is 0 Å². The number of rotatable bonds is 7. The summed E-state index contributed by atoms with van der Waals surface area (Å²) < 4.78 is 0. The Morgan fingerprint density at radius 1 is 1.38 bits per heavy atom. The summed E-state index contributed by atoms with van der Waals surface area (Å²) in [5, 5.41) is 3.01. The highest BCUT2D eigenvalue weighted by molar-refractivity contribution is 5.77. The second kappa shape index (κ2) is 8.71. The third-order valence-electron chi connectivity index (χ3n) is 4.69. The molecule has 0 unspecified atom stereocenters. The topological polar surface area (TPSA) is 74.2 Å². The maximum atomic E-state index is 12.8. The van der Waals surface area contributed by atoms with Gasteiger partial charge < -0.3 is 15.1 Å². The molecule has 1 saturated heterocycles. The monoisotopic (exact) mass is 354 g/mol. The van der Waals surface area contributed by atoms with Crippen LogP contribution in [0, 0.1) is 0 Å². The van der Waals surface area contributed by atoms with Crippen LogP contribution in [0.15, 0.2) is 36.8 Å². The highest BCUT2D eigenvalue weighted by Crippen LogP contribution is 2.31. The first-order valence-electron chi connectivity index (χ1n) is 9.05. The fourth-order valence-electron chi connectivity index (χ4n) is 3.31. The molecule has 26 heavy (non-hydrogen) atoms. The molecule has 0 aromatic carbocycles. The van der Waals surface area contributed by atoms with E-state index in [1.807, 2.05) is 37.2 Å². The number of nitrogens with zero attached hydrogens (tertiary/aromatic N) is 5. The molecule has 0 radical (unpaired) electrons. The number of carbonyl (C=O) groups is 1. The van der Waals surface area contributed by atoms with E-state index in [4.69, 9.17) is 0 Å². The Morgan fingerprint density at radius 3 is 3.04 bits per heavy atom.